The van der Waals surface area contributed by atoms with Gasteiger partial charge in [0, 0.05) is 36.2 Å². The first kappa shape index (κ1) is 18.1. The van der Waals surface area contributed by atoms with E-state index in [4.69, 9.17) is 5.11 Å². The van der Waals surface area contributed by atoms with Crippen LogP contribution in [-0.4, -0.2) is 22.6 Å². The Labute approximate surface area is 156 Å². The molecule has 26 heavy (non-hydrogen) atoms. The standard InChI is InChI=1S/C20H21N3O2S/c1-14-4-2-3-5-18(14)21-12-15-6-8-16(9-7-15)19(25)23-20-22-17(10-11-24)13-26-20/h2-9,13,21,24H,10-12H2,1H3,(H,22,23,25). The molecule has 0 spiro atoms. The van der Waals surface area contributed by atoms with Gasteiger partial charge in [0.2, 0.25) is 0 Å². The number of benzene rings is 2. The molecule has 0 fully saturated rings. The SMILES string of the molecule is Cc1ccccc1NCc1ccc(C(=O)Nc2nc(CCO)cs2)cc1. The Kier molecular flexibility index (Phi) is 5.99. The van der Waals surface area contributed by atoms with E-state index in [1.165, 1.54) is 16.9 Å². The molecule has 0 unspecified atom stereocenters. The lowest BCUT2D eigenvalue weighted by Crippen LogP contribution is -2.12. The number of hydrogen-bond donors (Lipinski definition) is 3. The Hall–Kier alpha value is -2.70. The molecule has 0 atom stereocenters. The molecule has 0 bridgehead atoms. The second-order valence-corrected chi connectivity index (χ2v) is 6.80. The zero-order valence-corrected chi connectivity index (χ0v) is 15.3. The summed E-state index contributed by atoms with van der Waals surface area (Å²) in [6.45, 7) is 2.82. The minimum atomic E-state index is -0.187. The van der Waals surface area contributed by atoms with Gasteiger partial charge in [0.25, 0.3) is 5.91 Å². The lowest BCUT2D eigenvalue weighted by atomic mass is 10.1. The van der Waals surface area contributed by atoms with Gasteiger partial charge in [-0.1, -0.05) is 30.3 Å². The lowest BCUT2D eigenvalue weighted by Gasteiger charge is -2.09. The van der Waals surface area contributed by atoms with E-state index in [1.807, 2.05) is 41.8 Å². The minimum absolute atomic E-state index is 0.0507. The topological polar surface area (TPSA) is 74.2 Å². The summed E-state index contributed by atoms with van der Waals surface area (Å²) in [5.41, 5.74) is 4.78. The summed E-state index contributed by atoms with van der Waals surface area (Å²) >= 11 is 1.36. The predicted octanol–water partition coefficient (Wildman–Crippen LogP) is 3.85. The van der Waals surface area contributed by atoms with E-state index in [0.717, 1.165) is 16.9 Å². The normalized spacial score (nSPS) is 10.5. The Morgan fingerprint density at radius 2 is 1.92 bits per heavy atom. The number of aliphatic hydroxyl groups excluding tert-OH is 1. The highest BCUT2D eigenvalue weighted by atomic mass is 32.1. The molecule has 1 heterocycles. The van der Waals surface area contributed by atoms with Crippen molar-refractivity contribution in [3.63, 3.8) is 0 Å². The largest absolute Gasteiger partial charge is 0.396 e. The van der Waals surface area contributed by atoms with E-state index in [1.54, 1.807) is 0 Å². The minimum Gasteiger partial charge on any atom is -0.396 e. The fraction of sp³-hybridized carbons (Fsp3) is 0.200. The zero-order chi connectivity index (χ0) is 18.4. The third kappa shape index (κ3) is 4.68. The molecule has 0 saturated heterocycles. The lowest BCUT2D eigenvalue weighted by molar-refractivity contribution is 0.102. The molecular weight excluding hydrogens is 346 g/mol. The van der Waals surface area contributed by atoms with Gasteiger partial charge in [-0.2, -0.15) is 0 Å². The van der Waals surface area contributed by atoms with E-state index >= 15 is 0 Å². The van der Waals surface area contributed by atoms with Gasteiger partial charge in [-0.05, 0) is 36.2 Å². The fourth-order valence-corrected chi connectivity index (χ4v) is 3.25. The van der Waals surface area contributed by atoms with Gasteiger partial charge < -0.3 is 10.4 Å². The highest BCUT2D eigenvalue weighted by molar-refractivity contribution is 7.13. The van der Waals surface area contributed by atoms with Gasteiger partial charge in [0.05, 0.1) is 5.69 Å². The number of carbonyl (C=O) groups excluding carboxylic acids is 1. The van der Waals surface area contributed by atoms with Crippen molar-refractivity contribution in [2.45, 2.75) is 19.9 Å². The molecule has 2 aromatic carbocycles. The number of rotatable bonds is 7. The van der Waals surface area contributed by atoms with Crippen molar-refractivity contribution in [2.75, 3.05) is 17.2 Å². The molecule has 0 aliphatic rings. The number of aromatic nitrogens is 1. The molecule has 6 heteroatoms. The molecule has 0 saturated carbocycles. The maximum absolute atomic E-state index is 12.3. The zero-order valence-electron chi connectivity index (χ0n) is 14.5. The third-order valence-electron chi connectivity index (χ3n) is 3.98. The first-order valence-electron chi connectivity index (χ1n) is 8.41. The van der Waals surface area contributed by atoms with Gasteiger partial charge >= 0.3 is 0 Å². The Morgan fingerprint density at radius 1 is 1.15 bits per heavy atom. The molecule has 3 N–H and O–H groups in total. The molecular formula is C20H21N3O2S. The molecule has 134 valence electrons. The number of para-hydroxylation sites is 1. The second-order valence-electron chi connectivity index (χ2n) is 5.94. The number of nitrogens with zero attached hydrogens (tertiary/aromatic N) is 1. The molecule has 3 rings (SSSR count). The van der Waals surface area contributed by atoms with Crippen molar-refractivity contribution >= 4 is 28.1 Å². The molecule has 1 amide bonds. The number of anilines is 2. The fourth-order valence-electron chi connectivity index (χ4n) is 2.51. The predicted molar refractivity (Wildman–Crippen MR) is 106 cm³/mol. The summed E-state index contributed by atoms with van der Waals surface area (Å²) in [6.07, 6.45) is 0.495. The summed E-state index contributed by atoms with van der Waals surface area (Å²) in [5.74, 6) is -0.187. The summed E-state index contributed by atoms with van der Waals surface area (Å²) in [6, 6.07) is 15.7. The van der Waals surface area contributed by atoms with Crippen molar-refractivity contribution in [3.8, 4) is 0 Å². The van der Waals surface area contributed by atoms with E-state index in [-0.39, 0.29) is 12.5 Å². The van der Waals surface area contributed by atoms with Gasteiger partial charge in [-0.3, -0.25) is 10.1 Å². The quantitative estimate of drug-likeness (QED) is 0.593. The smallest absolute Gasteiger partial charge is 0.257 e. The first-order chi connectivity index (χ1) is 12.7. The van der Waals surface area contributed by atoms with Crippen molar-refractivity contribution < 1.29 is 9.90 Å². The van der Waals surface area contributed by atoms with Crippen LogP contribution in [0.4, 0.5) is 10.8 Å². The Morgan fingerprint density at radius 3 is 2.65 bits per heavy atom. The molecule has 3 aromatic rings. The maximum Gasteiger partial charge on any atom is 0.257 e. The highest BCUT2D eigenvalue weighted by Gasteiger charge is 2.09. The first-order valence-corrected chi connectivity index (χ1v) is 9.29. The van der Waals surface area contributed by atoms with Crippen LogP contribution in [0, 0.1) is 6.92 Å². The molecule has 5 nitrogen and oxygen atoms in total. The van der Waals surface area contributed by atoms with Crippen molar-refractivity contribution in [2.24, 2.45) is 0 Å². The van der Waals surface area contributed by atoms with Crippen molar-refractivity contribution in [1.29, 1.82) is 0 Å². The average molecular weight is 367 g/mol. The van der Waals surface area contributed by atoms with Gasteiger partial charge in [0.15, 0.2) is 5.13 Å². The average Bonchev–Trinajstić information content (AvgIpc) is 3.09. The van der Waals surface area contributed by atoms with E-state index in [0.29, 0.717) is 23.7 Å². The highest BCUT2D eigenvalue weighted by Crippen LogP contribution is 2.18. The van der Waals surface area contributed by atoms with Crippen LogP contribution in [0.25, 0.3) is 0 Å². The second kappa shape index (κ2) is 8.60. The van der Waals surface area contributed by atoms with Gasteiger partial charge in [0.1, 0.15) is 0 Å². The van der Waals surface area contributed by atoms with E-state index < -0.39 is 0 Å². The van der Waals surface area contributed by atoms with Gasteiger partial charge in [-0.15, -0.1) is 11.3 Å². The van der Waals surface area contributed by atoms with Crippen LogP contribution in [0.5, 0.6) is 0 Å². The monoisotopic (exact) mass is 367 g/mol. The number of thiazole rings is 1. The summed E-state index contributed by atoms with van der Waals surface area (Å²) in [5, 5.41) is 17.5. The summed E-state index contributed by atoms with van der Waals surface area (Å²) in [7, 11) is 0. The van der Waals surface area contributed by atoms with Gasteiger partial charge in [-0.25, -0.2) is 4.98 Å². The van der Waals surface area contributed by atoms with Crippen LogP contribution >= 0.6 is 11.3 Å². The maximum atomic E-state index is 12.3. The molecule has 0 aliphatic heterocycles. The van der Waals surface area contributed by atoms with Crippen LogP contribution < -0.4 is 10.6 Å². The number of amides is 1. The van der Waals surface area contributed by atoms with Crippen LogP contribution in [-0.2, 0) is 13.0 Å². The van der Waals surface area contributed by atoms with E-state index in [2.05, 4.69) is 34.7 Å². The number of hydrogen-bond acceptors (Lipinski definition) is 5. The number of aliphatic hydroxyl groups is 1. The van der Waals surface area contributed by atoms with Crippen molar-refractivity contribution in [3.05, 3.63) is 76.3 Å². The van der Waals surface area contributed by atoms with Crippen LogP contribution in [0.3, 0.4) is 0 Å². The molecule has 0 radical (unpaired) electrons. The molecule has 1 aromatic heterocycles. The third-order valence-corrected chi connectivity index (χ3v) is 4.79. The summed E-state index contributed by atoms with van der Waals surface area (Å²) < 4.78 is 0. The van der Waals surface area contributed by atoms with E-state index in [9.17, 15) is 4.79 Å². The Balaban J connectivity index is 1.57. The number of aryl methyl sites for hydroxylation is 1. The van der Waals surface area contributed by atoms with Crippen molar-refractivity contribution in [1.82, 2.24) is 4.98 Å². The van der Waals surface area contributed by atoms with Crippen LogP contribution in [0.1, 0.15) is 27.2 Å². The Bertz CT molecular complexity index is 875. The molecule has 0 aliphatic carbocycles. The van der Waals surface area contributed by atoms with Crippen LogP contribution in [0.15, 0.2) is 53.9 Å². The van der Waals surface area contributed by atoms with Crippen LogP contribution in [0.2, 0.25) is 0 Å². The number of nitrogens with one attached hydrogen (secondary N) is 2. The number of carbonyl (C=O) groups is 1. The summed E-state index contributed by atoms with van der Waals surface area (Å²) in [4.78, 5) is 16.6.